The summed E-state index contributed by atoms with van der Waals surface area (Å²) >= 11 is 2.60. The van der Waals surface area contributed by atoms with Gasteiger partial charge < -0.3 is 0 Å². The van der Waals surface area contributed by atoms with Gasteiger partial charge in [-0.05, 0) is 30.7 Å². The third-order valence-corrected chi connectivity index (χ3v) is 5.55. The van der Waals surface area contributed by atoms with Gasteiger partial charge >= 0.3 is 0 Å². The van der Waals surface area contributed by atoms with E-state index in [9.17, 15) is 0 Å². The molecule has 0 nitrogen and oxygen atoms in total. The SMILES string of the molecule is IP1CCCC1. The highest BCUT2D eigenvalue weighted by Gasteiger charge is 2.08. The van der Waals surface area contributed by atoms with Crippen molar-refractivity contribution in [2.75, 3.05) is 12.3 Å². The summed E-state index contributed by atoms with van der Waals surface area (Å²) in [6.07, 6.45) is 6.09. The first-order chi connectivity index (χ1) is 2.89. The second-order valence-electron chi connectivity index (χ2n) is 1.62. The molecule has 0 N–H and O–H groups in total. The van der Waals surface area contributed by atoms with Crippen LogP contribution in [0.2, 0.25) is 0 Å². The molecule has 0 aliphatic carbocycles. The fourth-order valence-corrected chi connectivity index (χ4v) is 4.08. The van der Waals surface area contributed by atoms with Gasteiger partial charge in [0.05, 0.1) is 0 Å². The van der Waals surface area contributed by atoms with Crippen LogP contribution in [0.4, 0.5) is 0 Å². The molecule has 0 aromatic heterocycles. The normalized spacial score (nSPS) is 25.5. The molecular formula is C4H8IP. The van der Waals surface area contributed by atoms with Crippen molar-refractivity contribution in [1.29, 1.82) is 0 Å². The highest BCUT2D eigenvalue weighted by atomic mass is 127. The van der Waals surface area contributed by atoms with E-state index in [1.54, 1.807) is 0 Å². The molecule has 0 radical (unpaired) electrons. The summed E-state index contributed by atoms with van der Waals surface area (Å²) in [6.45, 7) is 0. The minimum atomic E-state index is 0.505. The van der Waals surface area contributed by atoms with E-state index in [4.69, 9.17) is 0 Å². The molecule has 1 fully saturated rings. The molecule has 0 atom stereocenters. The molecule has 6 heavy (non-hydrogen) atoms. The minimum Gasteiger partial charge on any atom is -0.0535 e. The van der Waals surface area contributed by atoms with Gasteiger partial charge in [0.15, 0.2) is 0 Å². The summed E-state index contributed by atoms with van der Waals surface area (Å²) in [4.78, 5) is 0. The van der Waals surface area contributed by atoms with Crippen LogP contribution in [0, 0.1) is 0 Å². The fraction of sp³-hybridized carbons (Fsp3) is 1.00. The van der Waals surface area contributed by atoms with Crippen LogP contribution in [0.15, 0.2) is 0 Å². The Balaban J connectivity index is 2.18. The van der Waals surface area contributed by atoms with Gasteiger partial charge in [-0.15, -0.1) is 0 Å². The van der Waals surface area contributed by atoms with E-state index < -0.39 is 0 Å². The van der Waals surface area contributed by atoms with Gasteiger partial charge in [0, 0.05) is 0 Å². The Hall–Kier alpha value is 1.16. The van der Waals surface area contributed by atoms with E-state index in [0.717, 1.165) is 0 Å². The van der Waals surface area contributed by atoms with Gasteiger partial charge in [0.1, 0.15) is 0 Å². The smallest absolute Gasteiger partial charge is 0.0235 e. The summed E-state index contributed by atoms with van der Waals surface area (Å²) in [7, 11) is 0. The van der Waals surface area contributed by atoms with Gasteiger partial charge in [0.2, 0.25) is 0 Å². The maximum Gasteiger partial charge on any atom is -0.0235 e. The second kappa shape index (κ2) is 2.46. The lowest BCUT2D eigenvalue weighted by Crippen LogP contribution is -1.58. The summed E-state index contributed by atoms with van der Waals surface area (Å²) in [6, 6.07) is 0. The Morgan fingerprint density at radius 2 is 1.67 bits per heavy atom. The van der Waals surface area contributed by atoms with Crippen molar-refractivity contribution in [3.05, 3.63) is 0 Å². The molecule has 0 bridgehead atoms. The molecule has 1 aliphatic heterocycles. The first kappa shape index (κ1) is 5.30. The molecule has 1 aliphatic rings. The number of halogens is 1. The van der Waals surface area contributed by atoms with Crippen molar-refractivity contribution >= 4 is 27.6 Å². The molecule has 1 rings (SSSR count). The van der Waals surface area contributed by atoms with Crippen LogP contribution in [0.5, 0.6) is 0 Å². The number of rotatable bonds is 0. The van der Waals surface area contributed by atoms with Crippen molar-refractivity contribution in [3.8, 4) is 0 Å². The third kappa shape index (κ3) is 1.34. The van der Waals surface area contributed by atoms with Crippen LogP contribution in [0.3, 0.4) is 0 Å². The van der Waals surface area contributed by atoms with E-state index >= 15 is 0 Å². The maximum absolute atomic E-state index is 2.60. The van der Waals surface area contributed by atoms with Crippen LogP contribution in [-0.2, 0) is 0 Å². The van der Waals surface area contributed by atoms with Crippen molar-refractivity contribution in [2.45, 2.75) is 12.8 Å². The summed E-state index contributed by atoms with van der Waals surface area (Å²) in [5.74, 6) is 0. The van der Waals surface area contributed by atoms with Crippen LogP contribution in [0.25, 0.3) is 0 Å². The molecule has 0 unspecified atom stereocenters. The highest BCUT2D eigenvalue weighted by molar-refractivity contribution is 14.2. The Bertz CT molecular complexity index is 40.8. The number of hydrogen-bond acceptors (Lipinski definition) is 0. The summed E-state index contributed by atoms with van der Waals surface area (Å²) < 4.78 is 0. The van der Waals surface area contributed by atoms with Gasteiger partial charge in [0.25, 0.3) is 0 Å². The van der Waals surface area contributed by atoms with Crippen LogP contribution < -0.4 is 0 Å². The van der Waals surface area contributed by atoms with E-state index in [1.807, 2.05) is 0 Å². The quantitative estimate of drug-likeness (QED) is 0.429. The molecule has 1 saturated heterocycles. The topological polar surface area (TPSA) is 0 Å². The average Bonchev–Trinajstić information content (AvgIpc) is 1.86. The molecule has 36 valence electrons. The lowest BCUT2D eigenvalue weighted by molar-refractivity contribution is 0.949. The van der Waals surface area contributed by atoms with Gasteiger partial charge in [-0.25, -0.2) is 0 Å². The summed E-state index contributed by atoms with van der Waals surface area (Å²) in [5.41, 5.74) is 0.505. The molecule has 0 aromatic carbocycles. The van der Waals surface area contributed by atoms with Gasteiger partial charge in [-0.2, -0.15) is 0 Å². The van der Waals surface area contributed by atoms with Crippen LogP contribution in [0.1, 0.15) is 12.8 Å². The zero-order valence-corrected chi connectivity index (χ0v) is 6.71. The fourth-order valence-electron chi connectivity index (χ4n) is 0.679. The first-order valence-electron chi connectivity index (χ1n) is 2.30. The molecule has 1 heterocycles. The van der Waals surface area contributed by atoms with Crippen molar-refractivity contribution in [2.24, 2.45) is 0 Å². The summed E-state index contributed by atoms with van der Waals surface area (Å²) in [5, 5.41) is 0. The third-order valence-electron chi connectivity index (χ3n) is 1.05. The Labute approximate surface area is 52.9 Å². The Morgan fingerprint density at radius 3 is 1.83 bits per heavy atom. The number of hydrogen-bond donors (Lipinski definition) is 0. The standard InChI is InChI=1S/C4H8IP/c5-6-3-1-2-4-6/h1-4H2. The minimum absolute atomic E-state index is 0.505. The zero-order valence-electron chi connectivity index (χ0n) is 3.65. The Kier molecular flexibility index (Phi) is 2.18. The van der Waals surface area contributed by atoms with Gasteiger partial charge in [-0.1, -0.05) is 22.0 Å². The molecular weight excluding hydrogens is 206 g/mol. The van der Waals surface area contributed by atoms with Gasteiger partial charge in [-0.3, -0.25) is 0 Å². The largest absolute Gasteiger partial charge is 0.0535 e. The van der Waals surface area contributed by atoms with E-state index in [2.05, 4.69) is 22.0 Å². The van der Waals surface area contributed by atoms with Crippen molar-refractivity contribution in [3.63, 3.8) is 0 Å². The predicted molar refractivity (Wildman–Crippen MR) is 39.9 cm³/mol. The predicted octanol–water partition coefficient (Wildman–Crippen LogP) is 2.61. The van der Waals surface area contributed by atoms with E-state index in [0.29, 0.717) is 5.56 Å². The van der Waals surface area contributed by atoms with Crippen LogP contribution >= 0.6 is 27.6 Å². The van der Waals surface area contributed by atoms with Crippen molar-refractivity contribution in [1.82, 2.24) is 0 Å². The van der Waals surface area contributed by atoms with Crippen LogP contribution in [-0.4, -0.2) is 12.3 Å². The van der Waals surface area contributed by atoms with E-state index in [1.165, 1.54) is 25.2 Å². The highest BCUT2D eigenvalue weighted by Crippen LogP contribution is 2.50. The van der Waals surface area contributed by atoms with E-state index in [-0.39, 0.29) is 0 Å². The Morgan fingerprint density at radius 1 is 1.17 bits per heavy atom. The first-order valence-corrected chi connectivity index (χ1v) is 6.80. The lowest BCUT2D eigenvalue weighted by atomic mass is 10.4. The molecule has 0 saturated carbocycles. The lowest BCUT2D eigenvalue weighted by Gasteiger charge is -1.90. The molecule has 0 aromatic rings. The van der Waals surface area contributed by atoms with Crippen molar-refractivity contribution < 1.29 is 0 Å². The zero-order chi connectivity index (χ0) is 4.41. The average molecular weight is 214 g/mol. The maximum atomic E-state index is 2.60. The second-order valence-corrected chi connectivity index (χ2v) is 7.53. The molecule has 0 spiro atoms. The molecule has 0 amide bonds. The monoisotopic (exact) mass is 214 g/mol. The molecule has 2 heteroatoms.